The molecule has 32 heavy (non-hydrogen) atoms. The van der Waals surface area contributed by atoms with E-state index < -0.39 is 25.0 Å². The number of hydrogen-bond donors (Lipinski definition) is 0. The van der Waals surface area contributed by atoms with Crippen molar-refractivity contribution in [3.63, 3.8) is 0 Å². The van der Waals surface area contributed by atoms with Crippen molar-refractivity contribution in [1.29, 1.82) is 10.5 Å². The highest BCUT2D eigenvalue weighted by atomic mass is 16.5. The normalized spacial score (nSPS) is 9.84. The van der Waals surface area contributed by atoms with E-state index in [1.165, 1.54) is 6.20 Å². The van der Waals surface area contributed by atoms with E-state index in [9.17, 15) is 9.59 Å². The maximum absolute atomic E-state index is 12.9. The number of hydrogen-bond acceptors (Lipinski definition) is 7. The minimum absolute atomic E-state index is 0.189. The van der Waals surface area contributed by atoms with Gasteiger partial charge in [-0.3, -0.25) is 9.59 Å². The van der Waals surface area contributed by atoms with E-state index in [4.69, 9.17) is 20.0 Å². The Kier molecular flexibility index (Phi) is 7.13. The first kappa shape index (κ1) is 22.0. The average Bonchev–Trinajstić information content (AvgIpc) is 2.83. The van der Waals surface area contributed by atoms with Gasteiger partial charge >= 0.3 is 0 Å². The van der Waals surface area contributed by atoms with Crippen molar-refractivity contribution in [3.05, 3.63) is 83.6 Å². The number of aryl methyl sites for hydroxylation is 1. The zero-order valence-electron chi connectivity index (χ0n) is 17.2. The number of benzene rings is 2. The van der Waals surface area contributed by atoms with Gasteiger partial charge in [-0.25, -0.2) is 9.88 Å². The topological polar surface area (TPSA) is 116 Å². The van der Waals surface area contributed by atoms with E-state index in [1.807, 2.05) is 12.1 Å². The van der Waals surface area contributed by atoms with Gasteiger partial charge in [-0.05, 0) is 67.1 Å². The van der Waals surface area contributed by atoms with Crippen LogP contribution in [0.2, 0.25) is 0 Å². The second-order valence-corrected chi connectivity index (χ2v) is 6.62. The molecule has 0 N–H and O–H groups in total. The number of anilines is 1. The number of nitriles is 2. The summed E-state index contributed by atoms with van der Waals surface area (Å²) in [7, 11) is 0. The van der Waals surface area contributed by atoms with E-state index in [-0.39, 0.29) is 5.82 Å². The third kappa shape index (κ3) is 5.47. The average molecular weight is 426 g/mol. The number of aromatic nitrogens is 1. The summed E-state index contributed by atoms with van der Waals surface area (Å²) in [4.78, 5) is 31.0. The number of carbonyl (C=O) groups is 2. The van der Waals surface area contributed by atoms with Crippen LogP contribution in [-0.4, -0.2) is 30.0 Å². The summed E-state index contributed by atoms with van der Waals surface area (Å²) in [5, 5.41) is 17.7. The number of nitrogens with zero attached hydrogens (tertiary/aromatic N) is 4. The molecule has 8 heteroatoms. The SMILES string of the molecule is Cc1cccnc1N(C(=O)COc1ccc(C#N)cc1)C(=O)COc1ccc(C#N)cc1. The lowest BCUT2D eigenvalue weighted by atomic mass is 10.2. The number of amides is 2. The summed E-state index contributed by atoms with van der Waals surface area (Å²) in [5.41, 5.74) is 1.56. The fourth-order valence-electron chi connectivity index (χ4n) is 2.76. The smallest absolute Gasteiger partial charge is 0.273 e. The van der Waals surface area contributed by atoms with Crippen LogP contribution in [-0.2, 0) is 9.59 Å². The Balaban J connectivity index is 1.74. The molecule has 0 saturated heterocycles. The van der Waals surface area contributed by atoms with Crippen molar-refractivity contribution < 1.29 is 19.1 Å². The largest absolute Gasteiger partial charge is 0.484 e. The van der Waals surface area contributed by atoms with Gasteiger partial charge in [0.1, 0.15) is 17.3 Å². The molecule has 0 aliphatic carbocycles. The fraction of sp³-hybridized carbons (Fsp3) is 0.125. The maximum Gasteiger partial charge on any atom is 0.273 e. The van der Waals surface area contributed by atoms with Gasteiger partial charge < -0.3 is 9.47 Å². The first-order valence-electron chi connectivity index (χ1n) is 9.55. The lowest BCUT2D eigenvalue weighted by Crippen LogP contribution is -2.43. The van der Waals surface area contributed by atoms with Gasteiger partial charge in [0.2, 0.25) is 0 Å². The summed E-state index contributed by atoms with van der Waals surface area (Å²) < 4.78 is 11.0. The molecular formula is C24H18N4O4. The van der Waals surface area contributed by atoms with Crippen molar-refractivity contribution in [2.45, 2.75) is 6.92 Å². The summed E-state index contributed by atoms with van der Waals surface area (Å²) in [6.45, 7) is 0.911. The number of rotatable bonds is 7. The molecule has 3 rings (SSSR count). The maximum atomic E-state index is 12.9. The predicted octanol–water partition coefficient (Wildman–Crippen LogP) is 3.15. The molecule has 2 aromatic carbocycles. The molecule has 0 atom stereocenters. The molecule has 0 unspecified atom stereocenters. The molecule has 0 bridgehead atoms. The standard InChI is InChI=1S/C24H18N4O4/c1-17-3-2-12-27-24(17)28(22(29)15-31-20-8-4-18(13-25)5-9-20)23(30)16-32-21-10-6-19(14-26)7-11-21/h2-12H,15-16H2,1H3. The Morgan fingerprint density at radius 2 is 1.31 bits per heavy atom. The van der Waals surface area contributed by atoms with Crippen LogP contribution in [0.25, 0.3) is 0 Å². The molecule has 3 aromatic rings. The first-order valence-corrected chi connectivity index (χ1v) is 9.55. The van der Waals surface area contributed by atoms with Gasteiger partial charge in [0.15, 0.2) is 13.2 Å². The van der Waals surface area contributed by atoms with Crippen molar-refractivity contribution >= 4 is 17.6 Å². The van der Waals surface area contributed by atoms with Crippen molar-refractivity contribution in [2.75, 3.05) is 18.1 Å². The van der Waals surface area contributed by atoms with E-state index >= 15 is 0 Å². The van der Waals surface area contributed by atoms with Gasteiger partial charge in [0.05, 0.1) is 23.3 Å². The quantitative estimate of drug-likeness (QED) is 0.570. The highest BCUT2D eigenvalue weighted by molar-refractivity contribution is 6.15. The summed E-state index contributed by atoms with van der Waals surface area (Å²) in [6.07, 6.45) is 1.48. The van der Waals surface area contributed by atoms with Crippen LogP contribution in [0.4, 0.5) is 5.82 Å². The molecule has 1 heterocycles. The highest BCUT2D eigenvalue weighted by Crippen LogP contribution is 2.19. The van der Waals surface area contributed by atoms with Crippen LogP contribution in [0.15, 0.2) is 66.9 Å². The Labute approximate surface area is 184 Å². The van der Waals surface area contributed by atoms with Gasteiger partial charge in [-0.2, -0.15) is 10.5 Å². The number of ether oxygens (including phenoxy) is 2. The van der Waals surface area contributed by atoms with Crippen molar-refractivity contribution in [2.24, 2.45) is 0 Å². The molecule has 0 fully saturated rings. The van der Waals surface area contributed by atoms with Crippen LogP contribution in [0.5, 0.6) is 11.5 Å². The van der Waals surface area contributed by atoms with Gasteiger partial charge in [-0.15, -0.1) is 0 Å². The van der Waals surface area contributed by atoms with Crippen LogP contribution in [0, 0.1) is 29.6 Å². The Hall–Kier alpha value is -4.69. The second-order valence-electron chi connectivity index (χ2n) is 6.62. The summed E-state index contributed by atoms with van der Waals surface area (Å²) >= 11 is 0. The monoisotopic (exact) mass is 426 g/mol. The Morgan fingerprint density at radius 1 is 0.844 bits per heavy atom. The third-order valence-electron chi connectivity index (χ3n) is 4.38. The number of pyridine rings is 1. The van der Waals surface area contributed by atoms with Crippen LogP contribution >= 0.6 is 0 Å². The Morgan fingerprint density at radius 3 is 1.72 bits per heavy atom. The summed E-state index contributed by atoms with van der Waals surface area (Å²) in [5.74, 6) is -0.281. The van der Waals surface area contributed by atoms with E-state index in [0.717, 1.165) is 4.90 Å². The molecule has 0 aliphatic rings. The predicted molar refractivity (Wildman–Crippen MR) is 115 cm³/mol. The van der Waals surface area contributed by atoms with Crippen molar-refractivity contribution in [3.8, 4) is 23.6 Å². The second kappa shape index (κ2) is 10.4. The molecule has 2 amide bonds. The zero-order valence-corrected chi connectivity index (χ0v) is 17.2. The highest BCUT2D eigenvalue weighted by Gasteiger charge is 2.27. The van der Waals surface area contributed by atoms with Crippen LogP contribution in [0.3, 0.4) is 0 Å². The van der Waals surface area contributed by atoms with Crippen LogP contribution in [0.1, 0.15) is 16.7 Å². The number of carbonyl (C=O) groups excluding carboxylic acids is 2. The zero-order chi connectivity index (χ0) is 22.9. The molecule has 0 spiro atoms. The molecule has 0 saturated carbocycles. The minimum Gasteiger partial charge on any atom is -0.484 e. The van der Waals surface area contributed by atoms with Gasteiger partial charge in [0, 0.05) is 6.20 Å². The Bertz CT molecular complexity index is 1120. The molecule has 158 valence electrons. The molecular weight excluding hydrogens is 408 g/mol. The number of imide groups is 1. The van der Waals surface area contributed by atoms with Crippen LogP contribution < -0.4 is 14.4 Å². The molecule has 0 radical (unpaired) electrons. The fourth-order valence-corrected chi connectivity index (χ4v) is 2.76. The molecule has 8 nitrogen and oxygen atoms in total. The minimum atomic E-state index is -0.621. The molecule has 0 aliphatic heterocycles. The van der Waals surface area contributed by atoms with Crippen molar-refractivity contribution in [1.82, 2.24) is 4.98 Å². The van der Waals surface area contributed by atoms with E-state index in [0.29, 0.717) is 28.2 Å². The molecule has 1 aromatic heterocycles. The first-order chi connectivity index (χ1) is 15.5. The van der Waals surface area contributed by atoms with Gasteiger partial charge in [0.25, 0.3) is 11.8 Å². The van der Waals surface area contributed by atoms with E-state index in [1.54, 1.807) is 67.6 Å². The van der Waals surface area contributed by atoms with E-state index in [2.05, 4.69) is 4.98 Å². The third-order valence-corrected chi connectivity index (χ3v) is 4.38. The summed E-state index contributed by atoms with van der Waals surface area (Å²) in [6, 6.07) is 20.0. The lowest BCUT2D eigenvalue weighted by Gasteiger charge is -2.21. The lowest BCUT2D eigenvalue weighted by molar-refractivity contribution is -0.128. The van der Waals surface area contributed by atoms with Gasteiger partial charge in [-0.1, -0.05) is 6.07 Å².